The van der Waals surface area contributed by atoms with Crippen LogP contribution >= 0.6 is 0 Å². The van der Waals surface area contributed by atoms with Crippen LogP contribution < -0.4 is 5.32 Å². The summed E-state index contributed by atoms with van der Waals surface area (Å²) in [6, 6.07) is 17.6. The minimum Gasteiger partial charge on any atom is -0.475 e. The second-order valence-corrected chi connectivity index (χ2v) is 9.10. The van der Waals surface area contributed by atoms with Crippen LogP contribution in [0, 0.1) is 0 Å². The topological polar surface area (TPSA) is 150 Å². The Kier molecular flexibility index (Phi) is 10.8. The van der Waals surface area contributed by atoms with Crippen LogP contribution in [0.3, 0.4) is 0 Å². The number of likely N-dealkylation sites (tertiary alicyclic amines) is 1. The summed E-state index contributed by atoms with van der Waals surface area (Å²) >= 11 is 0. The van der Waals surface area contributed by atoms with Gasteiger partial charge in [0.25, 0.3) is 5.91 Å². The van der Waals surface area contributed by atoms with E-state index in [1.165, 1.54) is 0 Å². The third-order valence-electron chi connectivity index (χ3n) is 5.95. The molecule has 1 aliphatic heterocycles. The van der Waals surface area contributed by atoms with E-state index in [1.807, 2.05) is 64.1 Å². The minimum absolute atomic E-state index is 0.0427. The third kappa shape index (κ3) is 9.67. The van der Waals surface area contributed by atoms with E-state index in [-0.39, 0.29) is 11.8 Å². The molecule has 1 fully saturated rings. The number of pyridine rings is 2. The molecular weight excluding hydrogens is 602 g/mol. The summed E-state index contributed by atoms with van der Waals surface area (Å²) in [6.07, 6.45) is -3.19. The van der Waals surface area contributed by atoms with E-state index in [2.05, 4.69) is 10.3 Å². The van der Waals surface area contributed by atoms with Crippen LogP contribution in [-0.2, 0) is 9.59 Å². The molecule has 0 spiro atoms. The van der Waals surface area contributed by atoms with E-state index in [0.29, 0.717) is 18.7 Å². The van der Waals surface area contributed by atoms with Crippen LogP contribution in [0.2, 0.25) is 0 Å². The number of carboxylic acid groups (broad SMARTS) is 2. The Bertz CT molecular complexity index is 1530. The number of para-hydroxylation sites is 1. The van der Waals surface area contributed by atoms with Gasteiger partial charge in [-0.1, -0.05) is 18.2 Å². The maximum atomic E-state index is 12.6. The second kappa shape index (κ2) is 14.3. The number of nitrogens with zero attached hydrogens (tertiary/aromatic N) is 5. The zero-order valence-electron chi connectivity index (χ0n) is 22.5. The largest absolute Gasteiger partial charge is 0.490 e. The summed E-state index contributed by atoms with van der Waals surface area (Å²) in [7, 11) is 0. The first-order valence-electron chi connectivity index (χ1n) is 12.6. The highest BCUT2D eigenvalue weighted by atomic mass is 19.4. The summed E-state index contributed by atoms with van der Waals surface area (Å²) in [6.45, 7) is 1.41. The fourth-order valence-corrected chi connectivity index (χ4v) is 3.85. The molecule has 44 heavy (non-hydrogen) atoms. The maximum Gasteiger partial charge on any atom is 0.490 e. The maximum absolute atomic E-state index is 12.6. The van der Waals surface area contributed by atoms with Crippen molar-refractivity contribution in [2.75, 3.05) is 18.4 Å². The molecule has 1 aromatic carbocycles. The molecule has 0 unspecified atom stereocenters. The molecule has 11 nitrogen and oxygen atoms in total. The number of aromatic nitrogens is 4. The van der Waals surface area contributed by atoms with Crippen LogP contribution in [0.4, 0.5) is 37.7 Å². The van der Waals surface area contributed by atoms with Crippen molar-refractivity contribution in [2.24, 2.45) is 0 Å². The van der Waals surface area contributed by atoms with Crippen LogP contribution in [-0.4, -0.2) is 78.0 Å². The molecule has 4 aromatic rings. The lowest BCUT2D eigenvalue weighted by atomic mass is 9.96. The standard InChI is InChI=1S/C23H22N6O.2C2HF3O2/c30-23(18-5-4-12-24-15-18)28-13-10-17(11-14-28)22-26-21-9-8-20(16-29(21)27-22)25-19-6-2-1-3-7-19;2*3-2(4,5)1(6)7/h1-9,12,15-17,25H,10-11,13-14H2;2*(H,6,7). The number of carbonyl (C=O) groups is 3. The number of benzene rings is 1. The van der Waals surface area contributed by atoms with Gasteiger partial charge >= 0.3 is 24.3 Å². The predicted molar refractivity (Wildman–Crippen MR) is 142 cm³/mol. The Labute approximate surface area is 244 Å². The van der Waals surface area contributed by atoms with Crippen molar-refractivity contribution < 1.29 is 50.9 Å². The zero-order valence-corrected chi connectivity index (χ0v) is 22.5. The molecule has 1 saturated heterocycles. The van der Waals surface area contributed by atoms with Crippen molar-refractivity contribution in [3.8, 4) is 0 Å². The fraction of sp³-hybridized carbons (Fsp3) is 0.259. The number of hydrogen-bond acceptors (Lipinski definition) is 7. The molecule has 3 N–H and O–H groups in total. The first-order valence-corrected chi connectivity index (χ1v) is 12.6. The lowest BCUT2D eigenvalue weighted by Gasteiger charge is -2.30. The number of carboxylic acids is 2. The highest BCUT2D eigenvalue weighted by Gasteiger charge is 2.39. The van der Waals surface area contributed by atoms with Crippen LogP contribution in [0.25, 0.3) is 5.65 Å². The Hall–Kier alpha value is -5.22. The Morgan fingerprint density at radius 2 is 1.41 bits per heavy atom. The molecule has 5 rings (SSSR count). The van der Waals surface area contributed by atoms with Gasteiger partial charge in [-0.15, -0.1) is 0 Å². The van der Waals surface area contributed by atoms with Crippen LogP contribution in [0.5, 0.6) is 0 Å². The number of nitrogens with one attached hydrogen (secondary N) is 1. The Morgan fingerprint density at radius 3 is 1.93 bits per heavy atom. The minimum atomic E-state index is -5.08. The number of carbonyl (C=O) groups excluding carboxylic acids is 1. The number of hydrogen-bond donors (Lipinski definition) is 3. The van der Waals surface area contributed by atoms with E-state index in [4.69, 9.17) is 29.9 Å². The lowest BCUT2D eigenvalue weighted by Crippen LogP contribution is -2.38. The van der Waals surface area contributed by atoms with Crippen molar-refractivity contribution in [1.82, 2.24) is 24.5 Å². The number of amides is 1. The van der Waals surface area contributed by atoms with Gasteiger partial charge in [-0.25, -0.2) is 19.1 Å². The first kappa shape index (κ1) is 33.3. The van der Waals surface area contributed by atoms with E-state index in [0.717, 1.165) is 35.7 Å². The smallest absolute Gasteiger partial charge is 0.475 e. The van der Waals surface area contributed by atoms with Gasteiger partial charge in [0.2, 0.25) is 0 Å². The Balaban J connectivity index is 0.000000317. The third-order valence-corrected chi connectivity index (χ3v) is 5.95. The van der Waals surface area contributed by atoms with E-state index < -0.39 is 24.3 Å². The molecule has 17 heteroatoms. The van der Waals surface area contributed by atoms with E-state index in [1.54, 1.807) is 18.5 Å². The number of aliphatic carboxylic acids is 2. The van der Waals surface area contributed by atoms with Gasteiger partial charge < -0.3 is 20.4 Å². The molecule has 0 aliphatic carbocycles. The van der Waals surface area contributed by atoms with Gasteiger partial charge in [-0.3, -0.25) is 9.78 Å². The quantitative estimate of drug-likeness (QED) is 0.261. The molecule has 4 heterocycles. The van der Waals surface area contributed by atoms with Gasteiger partial charge in [0.15, 0.2) is 11.5 Å². The van der Waals surface area contributed by atoms with E-state index in [9.17, 15) is 31.1 Å². The molecular formula is C27H24F6N6O5. The van der Waals surface area contributed by atoms with Crippen molar-refractivity contribution in [1.29, 1.82) is 0 Å². The van der Waals surface area contributed by atoms with Gasteiger partial charge in [0.05, 0.1) is 17.4 Å². The second-order valence-electron chi connectivity index (χ2n) is 9.10. The van der Waals surface area contributed by atoms with Gasteiger partial charge in [-0.05, 0) is 49.2 Å². The average molecular weight is 627 g/mol. The summed E-state index contributed by atoms with van der Waals surface area (Å²) < 4.78 is 65.3. The highest BCUT2D eigenvalue weighted by Crippen LogP contribution is 2.27. The molecule has 0 atom stereocenters. The molecule has 0 saturated carbocycles. The lowest BCUT2D eigenvalue weighted by molar-refractivity contribution is -0.193. The van der Waals surface area contributed by atoms with Crippen molar-refractivity contribution in [2.45, 2.75) is 31.1 Å². The van der Waals surface area contributed by atoms with Crippen molar-refractivity contribution >= 4 is 34.9 Å². The summed E-state index contributed by atoms with van der Waals surface area (Å²) in [4.78, 5) is 41.1. The average Bonchev–Trinajstić information content (AvgIpc) is 3.41. The molecule has 1 amide bonds. The number of fused-ring (bicyclic) bond motifs is 1. The Morgan fingerprint density at radius 1 is 0.818 bits per heavy atom. The molecule has 0 radical (unpaired) electrons. The number of alkyl halides is 6. The van der Waals surface area contributed by atoms with E-state index >= 15 is 0 Å². The summed E-state index contributed by atoms with van der Waals surface area (Å²) in [5, 5.41) is 22.3. The molecule has 234 valence electrons. The van der Waals surface area contributed by atoms with Crippen molar-refractivity contribution in [3.63, 3.8) is 0 Å². The summed E-state index contributed by atoms with van der Waals surface area (Å²) in [5.41, 5.74) is 3.46. The van der Waals surface area contributed by atoms with Crippen LogP contribution in [0.15, 0.2) is 73.2 Å². The molecule has 1 aliphatic rings. The van der Waals surface area contributed by atoms with Gasteiger partial charge in [-0.2, -0.15) is 31.4 Å². The monoisotopic (exact) mass is 626 g/mol. The number of halogens is 6. The van der Waals surface area contributed by atoms with Gasteiger partial charge in [0, 0.05) is 37.1 Å². The van der Waals surface area contributed by atoms with Crippen LogP contribution in [0.1, 0.15) is 34.9 Å². The fourth-order valence-electron chi connectivity index (χ4n) is 3.85. The SMILES string of the molecule is O=C(O)C(F)(F)F.O=C(O)C(F)(F)F.O=C(c1cccnc1)N1CCC(c2nc3ccc(Nc4ccccc4)cn3n2)CC1. The predicted octanol–water partition coefficient (Wildman–Crippen LogP) is 5.15. The normalized spacial score (nSPS) is 13.6. The number of anilines is 2. The summed E-state index contributed by atoms with van der Waals surface area (Å²) in [5.74, 6) is -4.37. The number of piperidine rings is 1. The molecule has 3 aromatic heterocycles. The molecule has 0 bridgehead atoms. The first-order chi connectivity index (χ1) is 20.6. The zero-order chi connectivity index (χ0) is 32.5. The number of rotatable bonds is 4. The van der Waals surface area contributed by atoms with Crippen molar-refractivity contribution in [3.05, 3.63) is 84.6 Å². The van der Waals surface area contributed by atoms with Gasteiger partial charge in [0.1, 0.15) is 0 Å². The highest BCUT2D eigenvalue weighted by molar-refractivity contribution is 5.93.